The Morgan fingerprint density at radius 1 is 1.41 bits per heavy atom. The van der Waals surface area contributed by atoms with E-state index in [4.69, 9.17) is 16.0 Å². The highest BCUT2D eigenvalue weighted by Crippen LogP contribution is 2.53. The van der Waals surface area contributed by atoms with Gasteiger partial charge in [-0.1, -0.05) is 11.6 Å². The van der Waals surface area contributed by atoms with Crippen LogP contribution in [0.2, 0.25) is 5.02 Å². The molecule has 0 spiro atoms. The molecule has 2 bridgehead atoms. The Hall–Kier alpha value is -2.61. The van der Waals surface area contributed by atoms with Crippen molar-refractivity contribution in [3.8, 4) is 0 Å². The van der Waals surface area contributed by atoms with Gasteiger partial charge in [-0.3, -0.25) is 9.59 Å². The first-order valence-corrected chi connectivity index (χ1v) is 9.28. The lowest BCUT2D eigenvalue weighted by Crippen LogP contribution is -2.40. The van der Waals surface area contributed by atoms with Crippen LogP contribution in [-0.2, 0) is 0 Å². The molecule has 3 unspecified atom stereocenters. The van der Waals surface area contributed by atoms with Gasteiger partial charge in [0.1, 0.15) is 11.6 Å². The van der Waals surface area contributed by atoms with Crippen LogP contribution < -0.4 is 10.6 Å². The Morgan fingerprint density at radius 3 is 2.93 bits per heavy atom. The first kappa shape index (κ1) is 17.8. The zero-order valence-electron chi connectivity index (χ0n) is 15.0. The maximum atomic E-state index is 13.0. The summed E-state index contributed by atoms with van der Waals surface area (Å²) < 4.78 is 5.52. The van der Waals surface area contributed by atoms with Gasteiger partial charge in [-0.15, -0.1) is 0 Å². The maximum absolute atomic E-state index is 13.0. The van der Waals surface area contributed by atoms with Gasteiger partial charge >= 0.3 is 0 Å². The molecule has 27 heavy (non-hydrogen) atoms. The van der Waals surface area contributed by atoms with Crippen LogP contribution in [0, 0.1) is 5.92 Å². The van der Waals surface area contributed by atoms with Gasteiger partial charge in [0, 0.05) is 38.3 Å². The molecule has 2 aliphatic heterocycles. The molecule has 0 aromatic carbocycles. The number of aromatic nitrogens is 2. The van der Waals surface area contributed by atoms with E-state index < -0.39 is 0 Å². The zero-order valence-corrected chi connectivity index (χ0v) is 15.8. The molecule has 2 saturated heterocycles. The average molecular weight is 390 g/mol. The van der Waals surface area contributed by atoms with Gasteiger partial charge in [0.25, 0.3) is 11.8 Å². The lowest BCUT2D eigenvalue weighted by Gasteiger charge is -2.35. The number of nitrogens with zero attached hydrogens (tertiary/aromatic N) is 3. The molecule has 2 N–H and O–H groups in total. The van der Waals surface area contributed by atoms with Gasteiger partial charge in [-0.2, -0.15) is 0 Å². The summed E-state index contributed by atoms with van der Waals surface area (Å²) >= 11 is 6.22. The van der Waals surface area contributed by atoms with Crippen LogP contribution >= 0.6 is 11.6 Å². The quantitative estimate of drug-likeness (QED) is 0.812. The van der Waals surface area contributed by atoms with E-state index in [1.807, 2.05) is 11.8 Å². The molecule has 8 nitrogen and oxygen atoms in total. The second-order valence-corrected chi connectivity index (χ2v) is 7.18. The van der Waals surface area contributed by atoms with E-state index >= 15 is 0 Å². The first-order chi connectivity index (χ1) is 13.0. The van der Waals surface area contributed by atoms with Crippen LogP contribution in [0.4, 0.5) is 5.82 Å². The molecular formula is C18H20ClN5O3. The van der Waals surface area contributed by atoms with E-state index in [1.165, 1.54) is 6.39 Å². The van der Waals surface area contributed by atoms with Gasteiger partial charge in [0.2, 0.25) is 0 Å². The predicted molar refractivity (Wildman–Crippen MR) is 99.0 cm³/mol. The molecule has 3 atom stereocenters. The van der Waals surface area contributed by atoms with Crippen LogP contribution in [0.15, 0.2) is 23.1 Å². The molecule has 9 heteroatoms. The highest BCUT2D eigenvalue weighted by atomic mass is 35.5. The van der Waals surface area contributed by atoms with Crippen molar-refractivity contribution < 1.29 is 14.0 Å². The third-order valence-electron chi connectivity index (χ3n) is 5.33. The lowest BCUT2D eigenvalue weighted by molar-refractivity contribution is 0.0729. The average Bonchev–Trinajstić information content (AvgIpc) is 3.37. The number of carbonyl (C=O) groups excluding carboxylic acids is 2. The van der Waals surface area contributed by atoms with Gasteiger partial charge in [0.05, 0.1) is 10.6 Å². The molecule has 4 heterocycles. The predicted octanol–water partition coefficient (Wildman–Crippen LogP) is 2.14. The third kappa shape index (κ3) is 2.84. The Kier molecular flexibility index (Phi) is 4.51. The summed E-state index contributed by atoms with van der Waals surface area (Å²) in [6.07, 6.45) is 3.72. The lowest BCUT2D eigenvalue weighted by atomic mass is 9.72. The molecule has 3 aliphatic rings. The number of halogens is 1. The first-order valence-electron chi connectivity index (χ1n) is 8.91. The van der Waals surface area contributed by atoms with E-state index in [-0.39, 0.29) is 29.7 Å². The Labute approximate surface area is 161 Å². The van der Waals surface area contributed by atoms with Crippen molar-refractivity contribution >= 4 is 29.2 Å². The summed E-state index contributed by atoms with van der Waals surface area (Å²) in [4.78, 5) is 35.1. The fourth-order valence-electron chi connectivity index (χ4n) is 4.04. The molecule has 1 saturated carbocycles. The Balaban J connectivity index is 1.54. The summed E-state index contributed by atoms with van der Waals surface area (Å²) in [7, 11) is 1.56. The summed E-state index contributed by atoms with van der Waals surface area (Å²) in [6.45, 7) is 3.27. The van der Waals surface area contributed by atoms with Crippen LogP contribution in [0.5, 0.6) is 0 Å². The number of anilines is 1. The van der Waals surface area contributed by atoms with Crippen molar-refractivity contribution in [2.75, 3.05) is 25.5 Å². The normalized spacial score (nSPS) is 23.1. The minimum atomic E-state index is -0.280. The minimum absolute atomic E-state index is 0.00628. The molecule has 5 rings (SSSR count). The van der Waals surface area contributed by atoms with Gasteiger partial charge in [0.15, 0.2) is 12.1 Å². The zero-order chi connectivity index (χ0) is 19.1. The third-order valence-corrected chi connectivity index (χ3v) is 5.62. The van der Waals surface area contributed by atoms with E-state index in [0.29, 0.717) is 40.9 Å². The number of fused-ring (bicyclic) bond motifs is 1. The number of hydrogen-bond acceptors (Lipinski definition) is 6. The number of carbonyl (C=O) groups is 2. The SMILES string of the molecule is CCNc1ncc(C(=O)N2CC3CC2C3c2ocnc2C(=O)NC)cc1Cl. The number of pyridine rings is 1. The molecule has 2 aromatic rings. The summed E-state index contributed by atoms with van der Waals surface area (Å²) in [5.41, 5.74) is 0.753. The minimum Gasteiger partial charge on any atom is -0.447 e. The van der Waals surface area contributed by atoms with Crippen LogP contribution in [0.3, 0.4) is 0 Å². The number of nitrogens with one attached hydrogen (secondary N) is 2. The molecule has 142 valence electrons. The van der Waals surface area contributed by atoms with Crippen LogP contribution in [0.1, 0.15) is 45.9 Å². The van der Waals surface area contributed by atoms with E-state index in [0.717, 1.165) is 6.42 Å². The van der Waals surface area contributed by atoms with E-state index in [9.17, 15) is 9.59 Å². The monoisotopic (exact) mass is 389 g/mol. The molecule has 1 aliphatic carbocycles. The topological polar surface area (TPSA) is 100 Å². The van der Waals surface area contributed by atoms with Crippen molar-refractivity contribution in [2.45, 2.75) is 25.3 Å². The highest BCUT2D eigenvalue weighted by molar-refractivity contribution is 6.33. The highest BCUT2D eigenvalue weighted by Gasteiger charge is 2.56. The number of oxazole rings is 1. The van der Waals surface area contributed by atoms with Crippen LogP contribution in [0.25, 0.3) is 0 Å². The molecular weight excluding hydrogens is 370 g/mol. The van der Waals surface area contributed by atoms with Crippen molar-refractivity contribution in [3.63, 3.8) is 0 Å². The van der Waals surface area contributed by atoms with Crippen molar-refractivity contribution in [3.05, 3.63) is 40.7 Å². The second-order valence-electron chi connectivity index (χ2n) is 6.78. The maximum Gasteiger partial charge on any atom is 0.273 e. The standard InChI is InChI=1S/C18H20ClN5O3/c1-3-21-16-11(19)4-9(6-22-16)18(26)24-7-10-5-12(24)13(10)15-14(17(25)20-2)23-8-27-15/h4,6,8,10,12-13H,3,5,7H2,1-2H3,(H,20,25)(H,21,22). The summed E-state index contributed by atoms with van der Waals surface area (Å²) in [5, 5.41) is 6.04. The molecule has 3 fully saturated rings. The van der Waals surface area contributed by atoms with E-state index in [2.05, 4.69) is 20.6 Å². The Morgan fingerprint density at radius 2 is 2.22 bits per heavy atom. The van der Waals surface area contributed by atoms with Crippen molar-refractivity contribution in [2.24, 2.45) is 5.92 Å². The van der Waals surface area contributed by atoms with Crippen molar-refractivity contribution in [1.82, 2.24) is 20.2 Å². The van der Waals surface area contributed by atoms with Gasteiger partial charge in [-0.05, 0) is 25.3 Å². The summed E-state index contributed by atoms with van der Waals surface area (Å²) in [5.74, 6) is 0.995. The molecule has 2 aromatic heterocycles. The molecule has 0 radical (unpaired) electrons. The number of hydrogen-bond donors (Lipinski definition) is 2. The van der Waals surface area contributed by atoms with E-state index in [1.54, 1.807) is 19.3 Å². The van der Waals surface area contributed by atoms with Gasteiger partial charge in [-0.25, -0.2) is 9.97 Å². The summed E-state index contributed by atoms with van der Waals surface area (Å²) in [6, 6.07) is 1.63. The Bertz CT molecular complexity index is 899. The second kappa shape index (κ2) is 6.84. The van der Waals surface area contributed by atoms with Crippen LogP contribution in [-0.4, -0.2) is 52.9 Å². The molecule has 2 amide bonds. The smallest absolute Gasteiger partial charge is 0.273 e. The van der Waals surface area contributed by atoms with Gasteiger partial charge < -0.3 is 20.0 Å². The number of amides is 2. The largest absolute Gasteiger partial charge is 0.447 e. The fourth-order valence-corrected chi connectivity index (χ4v) is 4.27. The fraction of sp³-hybridized carbons (Fsp3) is 0.444. The number of rotatable bonds is 5. The van der Waals surface area contributed by atoms with Crippen molar-refractivity contribution in [1.29, 1.82) is 0 Å².